The van der Waals surface area contributed by atoms with E-state index in [9.17, 15) is 14.4 Å². The minimum Gasteiger partial charge on any atom is -0.444 e. The van der Waals surface area contributed by atoms with Crippen LogP contribution >= 0.6 is 0 Å². The number of nitrogens with one attached hydrogen (secondary N) is 2. The summed E-state index contributed by atoms with van der Waals surface area (Å²) in [5, 5.41) is 5.75. The van der Waals surface area contributed by atoms with Gasteiger partial charge in [-0.2, -0.15) is 0 Å². The molecule has 3 amide bonds. The predicted octanol–water partition coefficient (Wildman–Crippen LogP) is 5.22. The molecule has 0 fully saturated rings. The zero-order valence-electron chi connectivity index (χ0n) is 22.6. The van der Waals surface area contributed by atoms with Crippen LogP contribution in [0.4, 0.5) is 4.79 Å². The molecule has 2 unspecified atom stereocenters. The number of rotatable bonds is 10. The van der Waals surface area contributed by atoms with E-state index in [-0.39, 0.29) is 23.8 Å². The standard InChI is InChI=1S/C29H41N3O4/c1-20(2)18-24(31-28(35)36-29(5,6)7)27(34)32(21(3)4)25(23-16-12-9-13-17-23)26(33)30-19-22-14-10-8-11-15-22/h8-17,20-21,24-25H,18-19H2,1-7H3,(H,30,33)(H,31,35). The van der Waals surface area contributed by atoms with Crippen LogP contribution in [0.25, 0.3) is 0 Å². The Morgan fingerprint density at radius 2 is 1.44 bits per heavy atom. The fourth-order valence-corrected chi connectivity index (χ4v) is 3.96. The second kappa shape index (κ2) is 13.1. The zero-order chi connectivity index (χ0) is 26.9. The summed E-state index contributed by atoms with van der Waals surface area (Å²) < 4.78 is 5.42. The Bertz CT molecular complexity index is 985. The molecule has 0 aliphatic carbocycles. The maximum absolute atomic E-state index is 14.0. The number of hydrogen-bond donors (Lipinski definition) is 2. The molecule has 7 nitrogen and oxygen atoms in total. The number of carbonyl (C=O) groups excluding carboxylic acids is 3. The van der Waals surface area contributed by atoms with Gasteiger partial charge in [-0.1, -0.05) is 74.5 Å². The highest BCUT2D eigenvalue weighted by Crippen LogP contribution is 2.26. The Labute approximate surface area is 215 Å². The predicted molar refractivity (Wildman–Crippen MR) is 142 cm³/mol. The van der Waals surface area contributed by atoms with Gasteiger partial charge < -0.3 is 20.3 Å². The third kappa shape index (κ3) is 9.02. The normalized spacial score (nSPS) is 13.1. The molecule has 7 heteroatoms. The topological polar surface area (TPSA) is 87.7 Å². The molecule has 2 rings (SSSR count). The van der Waals surface area contributed by atoms with Crippen LogP contribution < -0.4 is 10.6 Å². The maximum atomic E-state index is 14.0. The smallest absolute Gasteiger partial charge is 0.408 e. The molecule has 2 atom stereocenters. The van der Waals surface area contributed by atoms with E-state index in [1.165, 1.54) is 0 Å². The summed E-state index contributed by atoms with van der Waals surface area (Å²) in [5.74, 6) is -0.481. The van der Waals surface area contributed by atoms with E-state index >= 15 is 0 Å². The molecule has 0 aromatic heterocycles. The lowest BCUT2D eigenvalue weighted by atomic mass is 9.98. The Hall–Kier alpha value is -3.35. The first kappa shape index (κ1) is 28.9. The van der Waals surface area contributed by atoms with Crippen molar-refractivity contribution in [2.24, 2.45) is 5.92 Å². The lowest BCUT2D eigenvalue weighted by molar-refractivity contribution is -0.145. The molecule has 2 aromatic rings. The second-order valence-corrected chi connectivity index (χ2v) is 10.7. The fourth-order valence-electron chi connectivity index (χ4n) is 3.96. The lowest BCUT2D eigenvalue weighted by Crippen LogP contribution is -2.55. The van der Waals surface area contributed by atoms with Crippen LogP contribution in [0.3, 0.4) is 0 Å². The highest BCUT2D eigenvalue weighted by molar-refractivity contribution is 5.92. The van der Waals surface area contributed by atoms with Crippen molar-refractivity contribution in [2.45, 2.75) is 85.2 Å². The van der Waals surface area contributed by atoms with Gasteiger partial charge in [-0.15, -0.1) is 0 Å². The van der Waals surface area contributed by atoms with E-state index in [4.69, 9.17) is 4.74 Å². The molecule has 0 heterocycles. The highest BCUT2D eigenvalue weighted by Gasteiger charge is 2.37. The summed E-state index contributed by atoms with van der Waals surface area (Å²) in [6.45, 7) is 13.4. The van der Waals surface area contributed by atoms with Gasteiger partial charge in [-0.3, -0.25) is 9.59 Å². The number of amides is 3. The Morgan fingerprint density at radius 1 is 0.889 bits per heavy atom. The zero-order valence-corrected chi connectivity index (χ0v) is 22.6. The van der Waals surface area contributed by atoms with Gasteiger partial charge in [0.25, 0.3) is 0 Å². The highest BCUT2D eigenvalue weighted by atomic mass is 16.6. The van der Waals surface area contributed by atoms with E-state index in [1.54, 1.807) is 25.7 Å². The summed E-state index contributed by atoms with van der Waals surface area (Å²) in [5.41, 5.74) is 0.965. The van der Waals surface area contributed by atoms with Crippen LogP contribution in [0, 0.1) is 5.92 Å². The number of ether oxygens (including phenoxy) is 1. The van der Waals surface area contributed by atoms with Crippen LogP contribution in [0.2, 0.25) is 0 Å². The molecule has 36 heavy (non-hydrogen) atoms. The van der Waals surface area contributed by atoms with E-state index < -0.39 is 23.8 Å². The number of carbonyl (C=O) groups is 3. The summed E-state index contributed by atoms with van der Waals surface area (Å²) in [7, 11) is 0. The minimum absolute atomic E-state index is 0.130. The molecule has 0 saturated carbocycles. The van der Waals surface area contributed by atoms with Gasteiger partial charge in [0.1, 0.15) is 17.7 Å². The van der Waals surface area contributed by atoms with Gasteiger partial charge in [-0.05, 0) is 58.1 Å². The third-order valence-corrected chi connectivity index (χ3v) is 5.46. The van der Waals surface area contributed by atoms with E-state index in [2.05, 4.69) is 10.6 Å². The van der Waals surface area contributed by atoms with Gasteiger partial charge in [0.2, 0.25) is 11.8 Å². The number of hydrogen-bond acceptors (Lipinski definition) is 4. The fraction of sp³-hybridized carbons (Fsp3) is 0.483. The van der Waals surface area contributed by atoms with Gasteiger partial charge in [0.15, 0.2) is 0 Å². The monoisotopic (exact) mass is 495 g/mol. The molecule has 0 aliphatic rings. The molecule has 0 aliphatic heterocycles. The summed E-state index contributed by atoms with van der Waals surface area (Å²) in [6.07, 6.45) is -0.246. The Morgan fingerprint density at radius 3 is 1.94 bits per heavy atom. The SMILES string of the molecule is CC(C)CC(NC(=O)OC(C)(C)C)C(=O)N(C(C)C)C(C(=O)NCc1ccccc1)c1ccccc1. The Balaban J connectivity index is 2.39. The molecule has 2 aromatic carbocycles. The second-order valence-electron chi connectivity index (χ2n) is 10.7. The summed E-state index contributed by atoms with van der Waals surface area (Å²) in [4.78, 5) is 41.8. The van der Waals surface area contributed by atoms with Crippen molar-refractivity contribution in [1.82, 2.24) is 15.5 Å². The van der Waals surface area contributed by atoms with Crippen molar-refractivity contribution >= 4 is 17.9 Å². The molecule has 0 spiro atoms. The number of nitrogens with zero attached hydrogens (tertiary/aromatic N) is 1. The molecular formula is C29H41N3O4. The molecule has 0 radical (unpaired) electrons. The molecule has 2 N–H and O–H groups in total. The lowest BCUT2D eigenvalue weighted by Gasteiger charge is -2.37. The van der Waals surface area contributed by atoms with Crippen LogP contribution in [-0.4, -0.2) is 40.5 Å². The third-order valence-electron chi connectivity index (χ3n) is 5.46. The summed E-state index contributed by atoms with van der Waals surface area (Å²) in [6, 6.07) is 16.9. The first-order valence-corrected chi connectivity index (χ1v) is 12.6. The largest absolute Gasteiger partial charge is 0.444 e. The van der Waals surface area contributed by atoms with E-state index in [0.717, 1.165) is 5.56 Å². The van der Waals surface area contributed by atoms with Gasteiger partial charge in [0, 0.05) is 12.6 Å². The van der Waals surface area contributed by atoms with Crippen molar-refractivity contribution in [3.8, 4) is 0 Å². The first-order chi connectivity index (χ1) is 16.9. The maximum Gasteiger partial charge on any atom is 0.408 e. The van der Waals surface area contributed by atoms with Gasteiger partial charge in [0.05, 0.1) is 0 Å². The van der Waals surface area contributed by atoms with Crippen LogP contribution in [0.15, 0.2) is 60.7 Å². The summed E-state index contributed by atoms with van der Waals surface area (Å²) >= 11 is 0. The van der Waals surface area contributed by atoms with Crippen molar-refractivity contribution < 1.29 is 19.1 Å². The first-order valence-electron chi connectivity index (χ1n) is 12.6. The average Bonchev–Trinajstić information content (AvgIpc) is 2.79. The van der Waals surface area contributed by atoms with Crippen LogP contribution in [-0.2, 0) is 20.9 Å². The number of benzene rings is 2. The van der Waals surface area contributed by atoms with Crippen molar-refractivity contribution in [3.05, 3.63) is 71.8 Å². The molecular weight excluding hydrogens is 454 g/mol. The molecule has 0 bridgehead atoms. The molecule has 0 saturated heterocycles. The average molecular weight is 496 g/mol. The van der Waals surface area contributed by atoms with Crippen molar-refractivity contribution in [2.75, 3.05) is 0 Å². The van der Waals surface area contributed by atoms with Crippen molar-refractivity contribution in [3.63, 3.8) is 0 Å². The quantitative estimate of drug-likeness (QED) is 0.473. The minimum atomic E-state index is -0.863. The Kier molecular flexibility index (Phi) is 10.5. The van der Waals surface area contributed by atoms with Gasteiger partial charge >= 0.3 is 6.09 Å². The number of alkyl carbamates (subject to hydrolysis) is 1. The van der Waals surface area contributed by atoms with E-state index in [0.29, 0.717) is 18.5 Å². The van der Waals surface area contributed by atoms with Crippen molar-refractivity contribution in [1.29, 1.82) is 0 Å². The van der Waals surface area contributed by atoms with E-state index in [1.807, 2.05) is 88.4 Å². The van der Waals surface area contributed by atoms with Gasteiger partial charge in [-0.25, -0.2) is 4.79 Å². The van der Waals surface area contributed by atoms with Crippen LogP contribution in [0.5, 0.6) is 0 Å². The van der Waals surface area contributed by atoms with Crippen LogP contribution in [0.1, 0.15) is 72.1 Å². The molecule has 196 valence electrons.